The lowest BCUT2D eigenvalue weighted by atomic mass is 10.1. The van der Waals surface area contributed by atoms with Crippen LogP contribution in [0.2, 0.25) is 5.02 Å². The van der Waals surface area contributed by atoms with Crippen LogP contribution in [-0.4, -0.2) is 31.4 Å². The minimum atomic E-state index is 0.0740. The number of hydrogen-bond acceptors (Lipinski definition) is 3. The van der Waals surface area contributed by atoms with E-state index < -0.39 is 0 Å². The zero-order valence-corrected chi connectivity index (χ0v) is 15.2. The minimum Gasteiger partial charge on any atom is -0.354 e. The van der Waals surface area contributed by atoms with E-state index in [-0.39, 0.29) is 11.9 Å². The van der Waals surface area contributed by atoms with Crippen molar-refractivity contribution >= 4 is 28.8 Å². The summed E-state index contributed by atoms with van der Waals surface area (Å²) in [4.78, 5) is 15.5. The lowest BCUT2D eigenvalue weighted by Crippen LogP contribution is -2.34. The molecule has 1 aromatic carbocycles. The maximum absolute atomic E-state index is 12.1. The van der Waals surface area contributed by atoms with E-state index in [4.69, 9.17) is 11.6 Å². The second kappa shape index (κ2) is 9.06. The molecule has 0 aliphatic carbocycles. The van der Waals surface area contributed by atoms with Gasteiger partial charge in [-0.1, -0.05) is 35.9 Å². The average molecular weight is 351 g/mol. The summed E-state index contributed by atoms with van der Waals surface area (Å²) < 4.78 is 0. The molecule has 2 aromatic rings. The number of carbonyl (C=O) groups excluding carboxylic acids is 1. The van der Waals surface area contributed by atoms with Crippen LogP contribution in [0, 0.1) is 0 Å². The van der Waals surface area contributed by atoms with Crippen LogP contribution in [0.5, 0.6) is 0 Å². The fourth-order valence-corrected chi connectivity index (χ4v) is 3.51. The Bertz CT molecular complexity index is 613. The molecule has 0 aliphatic rings. The number of rotatable bonds is 8. The smallest absolute Gasteiger partial charge is 0.220 e. The SMILES string of the molecule is CN(C)C(CNC(=O)CCCc1cccs1)c1ccccc1Cl. The van der Waals surface area contributed by atoms with Gasteiger partial charge in [0.15, 0.2) is 0 Å². The van der Waals surface area contributed by atoms with Gasteiger partial charge in [-0.3, -0.25) is 4.79 Å². The maximum Gasteiger partial charge on any atom is 0.220 e. The van der Waals surface area contributed by atoms with Gasteiger partial charge >= 0.3 is 0 Å². The summed E-state index contributed by atoms with van der Waals surface area (Å²) in [7, 11) is 3.99. The molecule has 1 heterocycles. The molecule has 1 aromatic heterocycles. The molecule has 5 heteroatoms. The van der Waals surface area contributed by atoms with E-state index in [1.807, 2.05) is 44.4 Å². The van der Waals surface area contributed by atoms with Crippen molar-refractivity contribution in [3.8, 4) is 0 Å². The van der Waals surface area contributed by atoms with Crippen molar-refractivity contribution in [2.24, 2.45) is 0 Å². The number of aryl methyl sites for hydroxylation is 1. The lowest BCUT2D eigenvalue weighted by Gasteiger charge is -2.26. The molecule has 0 radical (unpaired) electrons. The fourth-order valence-electron chi connectivity index (χ4n) is 2.49. The Kier molecular flexibility index (Phi) is 7.09. The van der Waals surface area contributed by atoms with Crippen LogP contribution < -0.4 is 5.32 Å². The van der Waals surface area contributed by atoms with Crippen LogP contribution in [0.1, 0.15) is 29.3 Å². The van der Waals surface area contributed by atoms with Gasteiger partial charge in [0.2, 0.25) is 5.91 Å². The topological polar surface area (TPSA) is 32.3 Å². The summed E-state index contributed by atoms with van der Waals surface area (Å²) in [6.07, 6.45) is 2.40. The minimum absolute atomic E-state index is 0.0740. The summed E-state index contributed by atoms with van der Waals surface area (Å²) in [6, 6.07) is 12.0. The number of halogens is 1. The van der Waals surface area contributed by atoms with E-state index in [1.165, 1.54) is 4.88 Å². The van der Waals surface area contributed by atoms with Gasteiger partial charge in [-0.05, 0) is 50.0 Å². The number of hydrogen-bond donors (Lipinski definition) is 1. The summed E-state index contributed by atoms with van der Waals surface area (Å²) in [5.41, 5.74) is 1.04. The highest BCUT2D eigenvalue weighted by molar-refractivity contribution is 7.09. The number of likely N-dealkylation sites (N-methyl/N-ethyl adjacent to an activating group) is 1. The molecule has 0 fully saturated rings. The number of nitrogens with zero attached hydrogens (tertiary/aromatic N) is 1. The Labute approximate surface area is 147 Å². The van der Waals surface area contributed by atoms with Gasteiger partial charge in [0.05, 0.1) is 6.04 Å². The molecule has 0 aliphatic heterocycles. The second-order valence-electron chi connectivity index (χ2n) is 5.74. The monoisotopic (exact) mass is 350 g/mol. The van der Waals surface area contributed by atoms with Gasteiger partial charge < -0.3 is 10.2 Å². The third-order valence-corrected chi connectivity index (χ3v) is 5.07. The summed E-state index contributed by atoms with van der Waals surface area (Å²) in [5, 5.41) is 5.84. The molecular formula is C18H23ClN2OS. The Morgan fingerprint density at radius 1 is 1.26 bits per heavy atom. The molecule has 1 N–H and O–H groups in total. The van der Waals surface area contributed by atoms with Crippen molar-refractivity contribution in [3.05, 3.63) is 57.2 Å². The molecule has 1 unspecified atom stereocenters. The predicted octanol–water partition coefficient (Wildman–Crippen LogP) is 4.14. The van der Waals surface area contributed by atoms with Gasteiger partial charge in [-0.15, -0.1) is 11.3 Å². The van der Waals surface area contributed by atoms with Crippen LogP contribution in [-0.2, 0) is 11.2 Å². The molecular weight excluding hydrogens is 328 g/mol. The standard InChI is InChI=1S/C18H23ClN2OS/c1-21(2)17(15-9-3-4-10-16(15)19)13-20-18(22)11-5-7-14-8-6-12-23-14/h3-4,6,8-10,12,17H,5,7,11,13H2,1-2H3,(H,20,22). The Morgan fingerprint density at radius 2 is 2.04 bits per heavy atom. The van der Waals surface area contributed by atoms with Crippen LogP contribution in [0.3, 0.4) is 0 Å². The largest absolute Gasteiger partial charge is 0.354 e. The third kappa shape index (κ3) is 5.65. The van der Waals surface area contributed by atoms with Crippen LogP contribution in [0.25, 0.3) is 0 Å². The van der Waals surface area contributed by atoms with Crippen molar-refractivity contribution in [1.82, 2.24) is 10.2 Å². The molecule has 3 nitrogen and oxygen atoms in total. The summed E-state index contributed by atoms with van der Waals surface area (Å²) in [6.45, 7) is 0.564. The second-order valence-corrected chi connectivity index (χ2v) is 7.18. The van der Waals surface area contributed by atoms with E-state index in [0.29, 0.717) is 13.0 Å². The first-order valence-electron chi connectivity index (χ1n) is 7.78. The fraction of sp³-hybridized carbons (Fsp3) is 0.389. The molecule has 0 saturated carbocycles. The summed E-state index contributed by atoms with van der Waals surface area (Å²) in [5.74, 6) is 0.0976. The van der Waals surface area contributed by atoms with Crippen molar-refractivity contribution in [2.75, 3.05) is 20.6 Å². The molecule has 0 spiro atoms. The van der Waals surface area contributed by atoms with Crippen molar-refractivity contribution in [2.45, 2.75) is 25.3 Å². The molecule has 1 amide bonds. The van der Waals surface area contributed by atoms with Crippen LogP contribution in [0.4, 0.5) is 0 Å². The van der Waals surface area contributed by atoms with E-state index in [9.17, 15) is 4.79 Å². The molecule has 0 bridgehead atoms. The molecule has 1 atom stereocenters. The van der Waals surface area contributed by atoms with E-state index in [2.05, 4.69) is 21.7 Å². The Morgan fingerprint density at radius 3 is 2.70 bits per heavy atom. The van der Waals surface area contributed by atoms with Crippen molar-refractivity contribution < 1.29 is 4.79 Å². The first-order valence-corrected chi connectivity index (χ1v) is 9.03. The zero-order chi connectivity index (χ0) is 16.7. The highest BCUT2D eigenvalue weighted by atomic mass is 35.5. The molecule has 23 heavy (non-hydrogen) atoms. The average Bonchev–Trinajstić information content (AvgIpc) is 3.02. The summed E-state index contributed by atoms with van der Waals surface area (Å²) >= 11 is 8.02. The highest BCUT2D eigenvalue weighted by Crippen LogP contribution is 2.25. The van der Waals surface area contributed by atoms with Gasteiger partial charge in [-0.2, -0.15) is 0 Å². The molecule has 0 saturated heterocycles. The first-order chi connectivity index (χ1) is 11.1. The number of benzene rings is 1. The van der Waals surface area contributed by atoms with E-state index in [1.54, 1.807) is 11.3 Å². The third-order valence-electron chi connectivity index (χ3n) is 3.79. The van der Waals surface area contributed by atoms with Crippen LogP contribution in [0.15, 0.2) is 41.8 Å². The number of thiophene rings is 1. The van der Waals surface area contributed by atoms with Gasteiger partial charge in [0, 0.05) is 22.9 Å². The predicted molar refractivity (Wildman–Crippen MR) is 98.1 cm³/mol. The maximum atomic E-state index is 12.1. The Balaban J connectivity index is 1.82. The van der Waals surface area contributed by atoms with E-state index >= 15 is 0 Å². The zero-order valence-electron chi connectivity index (χ0n) is 13.6. The lowest BCUT2D eigenvalue weighted by molar-refractivity contribution is -0.121. The number of carbonyl (C=O) groups is 1. The molecule has 124 valence electrons. The highest BCUT2D eigenvalue weighted by Gasteiger charge is 2.17. The van der Waals surface area contributed by atoms with Gasteiger partial charge in [-0.25, -0.2) is 0 Å². The number of nitrogens with one attached hydrogen (secondary N) is 1. The Hall–Kier alpha value is -1.36. The van der Waals surface area contributed by atoms with Crippen molar-refractivity contribution in [3.63, 3.8) is 0 Å². The molecule has 2 rings (SSSR count). The quantitative estimate of drug-likeness (QED) is 0.775. The normalized spacial score (nSPS) is 12.3. The van der Waals surface area contributed by atoms with Gasteiger partial charge in [0.1, 0.15) is 0 Å². The van der Waals surface area contributed by atoms with E-state index in [0.717, 1.165) is 23.4 Å². The van der Waals surface area contributed by atoms with Gasteiger partial charge in [0.25, 0.3) is 0 Å². The first kappa shape index (κ1) is 18.0. The van der Waals surface area contributed by atoms with Crippen molar-refractivity contribution in [1.29, 1.82) is 0 Å². The van der Waals surface area contributed by atoms with Crippen LogP contribution >= 0.6 is 22.9 Å². The number of amides is 1.